The Balaban J connectivity index is 0.842. The number of hydrogen-bond acceptors (Lipinski definition) is 11. The fraction of sp³-hybridized carbons (Fsp3) is 0.542. The molecule has 3 N–H and O–H groups in total. The molecule has 63 heavy (non-hydrogen) atoms. The first-order valence-corrected chi connectivity index (χ1v) is 24.2. The zero-order chi connectivity index (χ0) is 43.8. The number of fused-ring (bicyclic) bond motifs is 1. The first-order valence-electron chi connectivity index (χ1n) is 22.7. The number of nitrogens with one attached hydrogen (secondary N) is 3. The minimum atomic E-state index is -4.54. The highest BCUT2D eigenvalue weighted by Crippen LogP contribution is 2.77. The second-order valence-electron chi connectivity index (χ2n) is 20.8. The molecular formula is C48H59N7O7S. The maximum atomic E-state index is 14.0. The van der Waals surface area contributed by atoms with E-state index in [1.54, 1.807) is 41.7 Å². The van der Waals surface area contributed by atoms with Crippen LogP contribution in [0.25, 0.3) is 11.0 Å². The van der Waals surface area contributed by atoms with Crippen LogP contribution >= 0.6 is 0 Å². The number of rotatable bonds is 13. The Morgan fingerprint density at radius 1 is 1.00 bits per heavy atom. The number of aromatic amines is 1. The van der Waals surface area contributed by atoms with Crippen LogP contribution in [0, 0.1) is 37.7 Å². The number of nitro groups is 1. The highest BCUT2D eigenvalue weighted by Gasteiger charge is 2.66. The van der Waals surface area contributed by atoms with Crippen LogP contribution in [0.1, 0.15) is 95.3 Å². The molecule has 2 aromatic heterocycles. The highest BCUT2D eigenvalue weighted by molar-refractivity contribution is 7.90. The molecule has 2 bridgehead atoms. The quantitative estimate of drug-likeness (QED) is 0.0666. The molecule has 0 radical (unpaired) electrons. The van der Waals surface area contributed by atoms with Crippen LogP contribution in [0.3, 0.4) is 0 Å². The Morgan fingerprint density at radius 2 is 1.76 bits per heavy atom. The number of nitro benzene ring substituents is 1. The van der Waals surface area contributed by atoms with Crippen LogP contribution < -0.4 is 19.7 Å². The van der Waals surface area contributed by atoms with Gasteiger partial charge in [-0.15, -0.1) is 0 Å². The van der Waals surface area contributed by atoms with Crippen molar-refractivity contribution >= 4 is 44.0 Å². The van der Waals surface area contributed by atoms with Crippen molar-refractivity contribution in [1.82, 2.24) is 19.6 Å². The Morgan fingerprint density at radius 3 is 2.49 bits per heavy atom. The van der Waals surface area contributed by atoms with E-state index in [4.69, 9.17) is 9.47 Å². The first-order chi connectivity index (χ1) is 30.1. The number of carbonyl (C=O) groups excluding carboxylic acids is 1. The van der Waals surface area contributed by atoms with E-state index < -0.39 is 25.7 Å². The Labute approximate surface area is 369 Å². The lowest BCUT2D eigenvalue weighted by Gasteiger charge is -2.72. The molecule has 1 spiro atoms. The van der Waals surface area contributed by atoms with Crippen LogP contribution in [-0.2, 0) is 14.8 Å². The number of nitrogens with zero attached hydrogens (tertiary/aromatic N) is 4. The smallest absolute Gasteiger partial charge is 0.293 e. The van der Waals surface area contributed by atoms with Crippen LogP contribution in [0.4, 0.5) is 17.1 Å². The lowest BCUT2D eigenvalue weighted by molar-refractivity contribution is -0.384. The molecule has 2 saturated heterocycles. The number of amides is 1. The van der Waals surface area contributed by atoms with Gasteiger partial charge in [0.15, 0.2) is 0 Å². The predicted octanol–water partition coefficient (Wildman–Crippen LogP) is 8.82. The molecule has 4 aromatic rings. The van der Waals surface area contributed by atoms with Gasteiger partial charge in [-0.25, -0.2) is 18.1 Å². The second-order valence-corrected chi connectivity index (χ2v) is 22.5. The van der Waals surface area contributed by atoms with Gasteiger partial charge >= 0.3 is 0 Å². The molecule has 0 atom stereocenters. The summed E-state index contributed by atoms with van der Waals surface area (Å²) in [5.74, 6) is -0.0155. The zero-order valence-corrected chi connectivity index (χ0v) is 37.5. The Bertz CT molecular complexity index is 2580. The molecule has 6 fully saturated rings. The van der Waals surface area contributed by atoms with Crippen LogP contribution in [-0.4, -0.2) is 86.6 Å². The van der Waals surface area contributed by atoms with Gasteiger partial charge in [-0.2, -0.15) is 0 Å². The van der Waals surface area contributed by atoms with E-state index in [-0.39, 0.29) is 22.7 Å². The van der Waals surface area contributed by atoms with Crippen molar-refractivity contribution in [2.24, 2.45) is 27.6 Å². The maximum absolute atomic E-state index is 14.0. The fourth-order valence-corrected chi connectivity index (χ4v) is 13.2. The lowest BCUT2D eigenvalue weighted by Crippen LogP contribution is -2.61. The van der Waals surface area contributed by atoms with Gasteiger partial charge in [-0.1, -0.05) is 31.9 Å². The standard InChI is InChI=1S/C48H59N7O7S/c1-45(2)10-8-34(39(25-45)48-29-46(3,30-48)31-48)28-53-14-16-54(17-15-53)35-4-6-38(42(21-35)62-36-20-33-9-13-49-43(33)51-27-36)44(56)52-63(59,60)37-5-7-40(41(22-37)55(57)58)50-26-32-23-47(24-32)11-18-61-19-12-47/h4-7,9,13,20-22,27,32,50H,8,10-12,14-19,23-26,28-31H2,1-3H3,(H,49,51)(H,52,56). The lowest BCUT2D eigenvalue weighted by atomic mass is 9.33. The molecule has 1 amide bonds. The molecule has 7 aliphatic rings. The number of benzene rings is 2. The maximum Gasteiger partial charge on any atom is 0.293 e. The summed E-state index contributed by atoms with van der Waals surface area (Å²) in [5.41, 5.74) is 6.52. The van der Waals surface area contributed by atoms with Crippen molar-refractivity contribution in [1.29, 1.82) is 0 Å². The van der Waals surface area contributed by atoms with E-state index in [1.807, 2.05) is 12.1 Å². The number of anilines is 2. The summed E-state index contributed by atoms with van der Waals surface area (Å²) in [5, 5.41) is 16.2. The molecule has 2 aliphatic heterocycles. The SMILES string of the molecule is CC1(C)CCC(CN2CCN(c3ccc(C(=O)NS(=O)(=O)c4ccc(NCC5CC6(CCOCC6)C5)c([N+](=O)[O-])c4)c(Oc4cnc5[nH]ccc5c4)c3)CC2)=C(C23CC(C)(C2)C3)C1. The van der Waals surface area contributed by atoms with E-state index in [9.17, 15) is 23.3 Å². The molecule has 4 saturated carbocycles. The van der Waals surface area contributed by atoms with Gasteiger partial charge in [0, 0.05) is 81.9 Å². The minimum absolute atomic E-state index is 0.00661. The third-order valence-corrected chi connectivity index (χ3v) is 16.7. The number of ether oxygens (including phenoxy) is 2. The molecule has 4 heterocycles. The van der Waals surface area contributed by atoms with Gasteiger partial charge < -0.3 is 24.7 Å². The third-order valence-electron chi connectivity index (χ3n) is 15.4. The van der Waals surface area contributed by atoms with Gasteiger partial charge in [0.25, 0.3) is 21.6 Å². The molecule has 334 valence electrons. The summed E-state index contributed by atoms with van der Waals surface area (Å²) in [6.07, 6.45) is 15.2. The number of pyridine rings is 1. The summed E-state index contributed by atoms with van der Waals surface area (Å²) in [7, 11) is -4.54. The average Bonchev–Trinajstić information content (AvgIpc) is 3.70. The normalized spacial score (nSPS) is 25.5. The van der Waals surface area contributed by atoms with Crippen LogP contribution in [0.2, 0.25) is 0 Å². The number of allylic oxidation sites excluding steroid dienone is 1. The molecular weight excluding hydrogens is 819 g/mol. The largest absolute Gasteiger partial charge is 0.455 e. The number of hydrogen-bond donors (Lipinski definition) is 3. The second kappa shape index (κ2) is 15.6. The van der Waals surface area contributed by atoms with Crippen molar-refractivity contribution in [2.75, 3.05) is 62.7 Å². The number of piperazine rings is 1. The third kappa shape index (κ3) is 8.20. The van der Waals surface area contributed by atoms with E-state index in [2.05, 4.69) is 50.6 Å². The number of H-pyrrole nitrogens is 1. The van der Waals surface area contributed by atoms with Gasteiger partial charge in [-0.05, 0) is 128 Å². The van der Waals surface area contributed by atoms with Crippen molar-refractivity contribution in [3.63, 3.8) is 0 Å². The van der Waals surface area contributed by atoms with E-state index in [0.717, 1.165) is 88.8 Å². The van der Waals surface area contributed by atoms with Crippen LogP contribution in [0.15, 0.2) is 77.0 Å². The van der Waals surface area contributed by atoms with Crippen molar-refractivity contribution in [2.45, 2.75) is 89.9 Å². The number of sulfonamides is 1. The van der Waals surface area contributed by atoms with Gasteiger partial charge in [-0.3, -0.25) is 19.8 Å². The van der Waals surface area contributed by atoms with Crippen molar-refractivity contribution < 1.29 is 27.6 Å². The summed E-state index contributed by atoms with van der Waals surface area (Å²) in [4.78, 5) is 37.6. The van der Waals surface area contributed by atoms with Crippen LogP contribution in [0.5, 0.6) is 11.5 Å². The molecule has 0 unspecified atom stereocenters. The summed E-state index contributed by atoms with van der Waals surface area (Å²) < 4.78 is 41.6. The summed E-state index contributed by atoms with van der Waals surface area (Å²) in [6.45, 7) is 13.8. The van der Waals surface area contributed by atoms with E-state index >= 15 is 0 Å². The summed E-state index contributed by atoms with van der Waals surface area (Å²) >= 11 is 0. The van der Waals surface area contributed by atoms with Crippen molar-refractivity contribution in [3.05, 3.63) is 87.7 Å². The monoisotopic (exact) mass is 877 g/mol. The van der Waals surface area contributed by atoms with Crippen molar-refractivity contribution in [3.8, 4) is 11.5 Å². The van der Waals surface area contributed by atoms with Gasteiger partial charge in [0.2, 0.25) is 0 Å². The highest BCUT2D eigenvalue weighted by atomic mass is 32.2. The van der Waals surface area contributed by atoms with E-state index in [0.29, 0.717) is 45.5 Å². The topological polar surface area (TPSA) is 172 Å². The molecule has 5 aliphatic carbocycles. The summed E-state index contributed by atoms with van der Waals surface area (Å²) in [6, 6.07) is 12.5. The number of aromatic nitrogens is 2. The van der Waals surface area contributed by atoms with E-state index in [1.165, 1.54) is 50.7 Å². The van der Waals surface area contributed by atoms with Gasteiger partial charge in [0.05, 0.1) is 21.6 Å². The first kappa shape index (κ1) is 42.0. The zero-order valence-electron chi connectivity index (χ0n) is 36.6. The predicted molar refractivity (Wildman–Crippen MR) is 242 cm³/mol. The Hall–Kier alpha value is -4.99. The van der Waals surface area contributed by atoms with Gasteiger partial charge in [0.1, 0.15) is 22.8 Å². The average molecular weight is 878 g/mol. The number of carbonyl (C=O) groups is 1. The molecule has 15 heteroatoms. The molecule has 2 aromatic carbocycles. The minimum Gasteiger partial charge on any atom is -0.455 e. The molecule has 11 rings (SSSR count). The fourth-order valence-electron chi connectivity index (χ4n) is 12.2. The molecule has 14 nitrogen and oxygen atoms in total. The Kier molecular flexibility index (Phi) is 10.4.